The van der Waals surface area contributed by atoms with Crippen LogP contribution in [0.1, 0.15) is 6.92 Å². The number of piperazine rings is 1. The average molecular weight is 489 g/mol. The summed E-state index contributed by atoms with van der Waals surface area (Å²) >= 11 is 6.40. The summed E-state index contributed by atoms with van der Waals surface area (Å²) in [7, 11) is 0. The Morgan fingerprint density at radius 2 is 1.88 bits per heavy atom. The number of hydrogen-bond acceptors (Lipinski definition) is 8. The first-order valence-electron chi connectivity index (χ1n) is 10.1. The van der Waals surface area contributed by atoms with Crippen LogP contribution in [0.3, 0.4) is 0 Å². The van der Waals surface area contributed by atoms with Crippen LogP contribution < -0.4 is 26.5 Å². The maximum absolute atomic E-state index is 13.2. The SMILES string of the molecule is CCn1c2c(c(=O)[nH]c1=O)N(c1ccccc1Cl)C(N1CCNCC1)N2OC(=O)C(F)(F)F. The molecule has 14 heteroatoms. The first-order valence-corrected chi connectivity index (χ1v) is 10.5. The number of fused-ring (bicyclic) bond motifs is 1. The Hall–Kier alpha value is -3.03. The molecule has 3 heterocycles. The molecule has 33 heavy (non-hydrogen) atoms. The van der Waals surface area contributed by atoms with Gasteiger partial charge in [-0.1, -0.05) is 23.7 Å². The van der Waals surface area contributed by atoms with Crippen LogP contribution in [0.15, 0.2) is 33.9 Å². The quantitative estimate of drug-likeness (QED) is 0.665. The normalized spacial score (nSPS) is 19.0. The van der Waals surface area contributed by atoms with Crippen molar-refractivity contribution >= 4 is 34.8 Å². The average Bonchev–Trinajstić information content (AvgIpc) is 3.09. The van der Waals surface area contributed by atoms with E-state index in [0.29, 0.717) is 36.9 Å². The number of H-pyrrole nitrogens is 1. The summed E-state index contributed by atoms with van der Waals surface area (Å²) in [5.74, 6) is -2.75. The highest BCUT2D eigenvalue weighted by molar-refractivity contribution is 6.33. The van der Waals surface area contributed by atoms with Gasteiger partial charge in [-0.15, -0.1) is 5.06 Å². The van der Waals surface area contributed by atoms with Gasteiger partial charge in [-0.05, 0) is 19.1 Å². The highest BCUT2D eigenvalue weighted by Gasteiger charge is 2.51. The van der Waals surface area contributed by atoms with Gasteiger partial charge < -0.3 is 10.2 Å². The van der Waals surface area contributed by atoms with Gasteiger partial charge in [-0.2, -0.15) is 13.2 Å². The Labute approximate surface area is 190 Å². The number of rotatable bonds is 4. The first kappa shape index (κ1) is 23.1. The molecule has 0 saturated carbocycles. The second kappa shape index (κ2) is 8.72. The fourth-order valence-electron chi connectivity index (χ4n) is 3.96. The predicted octanol–water partition coefficient (Wildman–Crippen LogP) is 1.38. The van der Waals surface area contributed by atoms with Gasteiger partial charge in [0.05, 0.1) is 10.7 Å². The summed E-state index contributed by atoms with van der Waals surface area (Å²) in [6.07, 6.45) is -6.50. The second-order valence-corrected chi connectivity index (χ2v) is 7.74. The van der Waals surface area contributed by atoms with Crippen LogP contribution in [-0.4, -0.2) is 59.1 Å². The van der Waals surface area contributed by atoms with E-state index >= 15 is 0 Å². The van der Waals surface area contributed by atoms with Crippen LogP contribution >= 0.6 is 11.6 Å². The van der Waals surface area contributed by atoms with Crippen LogP contribution in [0, 0.1) is 0 Å². The Kier molecular flexibility index (Phi) is 6.12. The molecule has 2 aromatic rings. The van der Waals surface area contributed by atoms with Crippen molar-refractivity contribution in [2.45, 2.75) is 25.9 Å². The molecule has 0 amide bonds. The topological polar surface area (TPSA) is 103 Å². The van der Waals surface area contributed by atoms with Crippen molar-refractivity contribution in [1.29, 1.82) is 0 Å². The molecule has 4 rings (SSSR count). The minimum Gasteiger partial charge on any atom is -0.327 e. The lowest BCUT2D eigenvalue weighted by Crippen LogP contribution is -2.60. The third kappa shape index (κ3) is 4.07. The molecule has 10 nitrogen and oxygen atoms in total. The minimum atomic E-state index is -5.30. The maximum Gasteiger partial charge on any atom is 0.493 e. The lowest BCUT2D eigenvalue weighted by Gasteiger charge is -2.41. The number of carbonyl (C=O) groups is 1. The van der Waals surface area contributed by atoms with E-state index < -0.39 is 29.7 Å². The zero-order valence-electron chi connectivity index (χ0n) is 17.4. The van der Waals surface area contributed by atoms with E-state index in [1.54, 1.807) is 36.1 Å². The number of anilines is 3. The Balaban J connectivity index is 2.00. The molecule has 0 radical (unpaired) electrons. The molecule has 0 bridgehead atoms. The number of aromatic amines is 1. The van der Waals surface area contributed by atoms with Crippen molar-refractivity contribution in [2.75, 3.05) is 36.1 Å². The van der Waals surface area contributed by atoms with Gasteiger partial charge in [0.25, 0.3) is 5.56 Å². The van der Waals surface area contributed by atoms with Crippen LogP contribution in [0.2, 0.25) is 5.02 Å². The van der Waals surface area contributed by atoms with Crippen LogP contribution in [0.5, 0.6) is 0 Å². The first-order chi connectivity index (χ1) is 15.6. The van der Waals surface area contributed by atoms with Crippen molar-refractivity contribution in [3.8, 4) is 0 Å². The van der Waals surface area contributed by atoms with Crippen molar-refractivity contribution in [1.82, 2.24) is 19.8 Å². The van der Waals surface area contributed by atoms with E-state index in [2.05, 4.69) is 10.3 Å². The lowest BCUT2D eigenvalue weighted by atomic mass is 10.2. The number of para-hydroxylation sites is 1. The maximum atomic E-state index is 13.2. The summed E-state index contributed by atoms with van der Waals surface area (Å²) in [6.45, 7) is 3.27. The van der Waals surface area contributed by atoms with Gasteiger partial charge in [0.15, 0.2) is 11.5 Å². The molecule has 0 spiro atoms. The fraction of sp³-hybridized carbons (Fsp3) is 0.421. The standard InChI is InChI=1S/C19H20ClF3N6O4/c1-2-27-15-13(14(30)25-17(27)32)28(12-6-4-3-5-11(12)20)18(26-9-7-24-8-10-26)29(15)33-16(31)19(21,22)23/h3-6,18,24H,2,7-10H2,1H3,(H,25,30,32). The zero-order valence-corrected chi connectivity index (χ0v) is 18.1. The Bertz CT molecular complexity index is 1180. The predicted molar refractivity (Wildman–Crippen MR) is 113 cm³/mol. The number of halogens is 4. The summed E-state index contributed by atoms with van der Waals surface area (Å²) in [6, 6.07) is 6.43. The lowest BCUT2D eigenvalue weighted by molar-refractivity contribution is -0.203. The smallest absolute Gasteiger partial charge is 0.327 e. The van der Waals surface area contributed by atoms with E-state index in [1.165, 1.54) is 4.90 Å². The Morgan fingerprint density at radius 1 is 1.21 bits per heavy atom. The summed E-state index contributed by atoms with van der Waals surface area (Å²) in [5, 5.41) is 4.02. The molecule has 1 unspecified atom stereocenters. The molecule has 1 fully saturated rings. The third-order valence-electron chi connectivity index (χ3n) is 5.36. The van der Waals surface area contributed by atoms with Gasteiger partial charge in [0.2, 0.25) is 6.29 Å². The zero-order chi connectivity index (χ0) is 23.9. The number of hydrogen-bond donors (Lipinski definition) is 2. The minimum absolute atomic E-state index is 0.0113. The summed E-state index contributed by atoms with van der Waals surface area (Å²) in [4.78, 5) is 47.5. The largest absolute Gasteiger partial charge is 0.493 e. The molecule has 2 aliphatic rings. The summed E-state index contributed by atoms with van der Waals surface area (Å²) in [5.41, 5.74) is -1.58. The third-order valence-corrected chi connectivity index (χ3v) is 5.68. The van der Waals surface area contributed by atoms with Gasteiger partial charge in [-0.25, -0.2) is 9.59 Å². The number of nitrogens with one attached hydrogen (secondary N) is 2. The van der Waals surface area contributed by atoms with Gasteiger partial charge >= 0.3 is 17.8 Å². The van der Waals surface area contributed by atoms with Crippen LogP contribution in [0.25, 0.3) is 0 Å². The van der Waals surface area contributed by atoms with Gasteiger partial charge in [0.1, 0.15) is 0 Å². The van der Waals surface area contributed by atoms with E-state index in [1.807, 2.05) is 0 Å². The molecule has 1 aromatic heterocycles. The molecule has 1 atom stereocenters. The van der Waals surface area contributed by atoms with Crippen molar-refractivity contribution in [2.24, 2.45) is 0 Å². The molecule has 178 valence electrons. The molecule has 0 aliphatic carbocycles. The summed E-state index contributed by atoms with van der Waals surface area (Å²) < 4.78 is 40.6. The van der Waals surface area contributed by atoms with E-state index in [0.717, 1.165) is 4.57 Å². The van der Waals surface area contributed by atoms with Gasteiger partial charge in [-0.3, -0.25) is 24.1 Å². The van der Waals surface area contributed by atoms with Crippen molar-refractivity contribution in [3.63, 3.8) is 0 Å². The molecule has 2 N–H and O–H groups in total. The van der Waals surface area contributed by atoms with E-state index in [4.69, 9.17) is 16.4 Å². The molecule has 1 saturated heterocycles. The molecular weight excluding hydrogens is 469 g/mol. The second-order valence-electron chi connectivity index (χ2n) is 7.33. The van der Waals surface area contributed by atoms with Crippen LogP contribution in [-0.2, 0) is 16.2 Å². The fourth-order valence-corrected chi connectivity index (χ4v) is 4.19. The Morgan fingerprint density at radius 3 is 2.48 bits per heavy atom. The highest BCUT2D eigenvalue weighted by atomic mass is 35.5. The van der Waals surface area contributed by atoms with Crippen molar-refractivity contribution in [3.05, 3.63) is 50.1 Å². The molecule has 2 aliphatic heterocycles. The number of alkyl halides is 3. The van der Waals surface area contributed by atoms with E-state index in [-0.39, 0.29) is 23.1 Å². The van der Waals surface area contributed by atoms with Crippen molar-refractivity contribution < 1.29 is 22.8 Å². The number of carbonyl (C=O) groups excluding carboxylic acids is 1. The molecule has 1 aromatic carbocycles. The van der Waals surface area contributed by atoms with Gasteiger partial charge in [0, 0.05) is 32.7 Å². The molecular formula is C19H20ClF3N6O4. The highest BCUT2D eigenvalue weighted by Crippen LogP contribution is 2.45. The number of benzene rings is 1. The number of nitrogens with zero attached hydrogens (tertiary/aromatic N) is 4. The number of hydroxylamine groups is 1. The monoisotopic (exact) mass is 488 g/mol. The number of aromatic nitrogens is 2. The van der Waals surface area contributed by atoms with E-state index in [9.17, 15) is 27.6 Å². The van der Waals surface area contributed by atoms with Crippen LogP contribution in [0.4, 0.5) is 30.4 Å².